The van der Waals surface area contributed by atoms with Crippen molar-refractivity contribution in [2.75, 3.05) is 13.2 Å². The summed E-state index contributed by atoms with van der Waals surface area (Å²) in [6, 6.07) is 4.03. The number of ether oxygens (including phenoxy) is 1. The van der Waals surface area contributed by atoms with Crippen molar-refractivity contribution in [2.45, 2.75) is 19.8 Å². The Hall–Kier alpha value is -2.74. The van der Waals surface area contributed by atoms with Crippen LogP contribution < -0.4 is 0 Å². The molecule has 1 fully saturated rings. The Balaban J connectivity index is 1.81. The Bertz CT molecular complexity index is 875. The molecule has 136 valence electrons. The Labute approximate surface area is 152 Å². The van der Waals surface area contributed by atoms with Gasteiger partial charge < -0.3 is 9.26 Å². The van der Waals surface area contributed by atoms with Crippen LogP contribution in [0, 0.1) is 12.7 Å². The molecule has 0 aliphatic carbocycles. The lowest BCUT2D eigenvalue weighted by atomic mass is 10.1. The molecule has 1 aliphatic rings. The lowest BCUT2D eigenvalue weighted by molar-refractivity contribution is -0.143. The molecule has 0 radical (unpaired) electrons. The molecule has 1 aromatic carbocycles. The molecule has 0 saturated carbocycles. The first kappa shape index (κ1) is 18.1. The Kier molecular flexibility index (Phi) is 5.03. The van der Waals surface area contributed by atoms with Gasteiger partial charge in [-0.05, 0) is 25.5 Å². The van der Waals surface area contributed by atoms with Gasteiger partial charge in [-0.2, -0.15) is 0 Å². The van der Waals surface area contributed by atoms with E-state index in [2.05, 4.69) is 5.16 Å². The molecule has 2 aromatic rings. The van der Waals surface area contributed by atoms with E-state index in [0.717, 1.165) is 4.90 Å². The summed E-state index contributed by atoms with van der Waals surface area (Å²) < 4.78 is 24.1. The summed E-state index contributed by atoms with van der Waals surface area (Å²) in [5, 5.41) is 3.74. The van der Waals surface area contributed by atoms with Gasteiger partial charge in [0.15, 0.2) is 6.61 Å². The van der Waals surface area contributed by atoms with Crippen molar-refractivity contribution in [1.29, 1.82) is 0 Å². The van der Waals surface area contributed by atoms with E-state index in [1.807, 2.05) is 0 Å². The minimum Gasteiger partial charge on any atom is -0.452 e. The number of rotatable bonds is 4. The number of amides is 2. The summed E-state index contributed by atoms with van der Waals surface area (Å²) in [5.74, 6) is -2.42. The van der Waals surface area contributed by atoms with Gasteiger partial charge in [0.1, 0.15) is 22.8 Å². The molecule has 0 unspecified atom stereocenters. The first-order chi connectivity index (χ1) is 12.4. The van der Waals surface area contributed by atoms with Gasteiger partial charge in [0.05, 0.1) is 10.6 Å². The van der Waals surface area contributed by atoms with Gasteiger partial charge in [0.25, 0.3) is 5.91 Å². The summed E-state index contributed by atoms with van der Waals surface area (Å²) in [7, 11) is 0. The maximum absolute atomic E-state index is 14.1. The maximum atomic E-state index is 14.1. The molecule has 1 aliphatic heterocycles. The third kappa shape index (κ3) is 3.32. The molecule has 0 atom stereocenters. The normalized spacial score (nSPS) is 14.0. The molecule has 0 bridgehead atoms. The number of hydrogen-bond donors (Lipinski definition) is 0. The number of nitrogens with zero attached hydrogens (tertiary/aromatic N) is 2. The van der Waals surface area contributed by atoms with Crippen LogP contribution in [0.1, 0.15) is 29.0 Å². The molecule has 0 N–H and O–H groups in total. The van der Waals surface area contributed by atoms with Crippen LogP contribution in [0.4, 0.5) is 4.39 Å². The van der Waals surface area contributed by atoms with Crippen LogP contribution in [0.3, 0.4) is 0 Å². The highest BCUT2D eigenvalue weighted by Gasteiger charge is 2.30. The van der Waals surface area contributed by atoms with E-state index in [1.54, 1.807) is 0 Å². The summed E-state index contributed by atoms with van der Waals surface area (Å²) in [5.41, 5.74) is -0.336. The SMILES string of the molecule is Cc1onc(-c2c(F)cccc2Cl)c1C(=O)OCC(=O)N1CCCC1=O. The lowest BCUT2D eigenvalue weighted by Crippen LogP contribution is -2.35. The number of esters is 1. The van der Waals surface area contributed by atoms with Gasteiger partial charge in [0.2, 0.25) is 5.91 Å². The van der Waals surface area contributed by atoms with Gasteiger partial charge >= 0.3 is 5.97 Å². The van der Waals surface area contributed by atoms with E-state index in [4.69, 9.17) is 20.9 Å². The Morgan fingerprint density at radius 2 is 2.19 bits per heavy atom. The molecule has 2 heterocycles. The molecule has 26 heavy (non-hydrogen) atoms. The monoisotopic (exact) mass is 380 g/mol. The third-order valence-electron chi connectivity index (χ3n) is 3.97. The fraction of sp³-hybridized carbons (Fsp3) is 0.294. The van der Waals surface area contributed by atoms with Crippen molar-refractivity contribution >= 4 is 29.4 Å². The van der Waals surface area contributed by atoms with Crippen LogP contribution in [0.5, 0.6) is 0 Å². The number of halogens is 2. The van der Waals surface area contributed by atoms with Crippen LogP contribution in [-0.4, -0.2) is 41.0 Å². The van der Waals surface area contributed by atoms with Crippen molar-refractivity contribution in [3.63, 3.8) is 0 Å². The minimum atomic E-state index is -0.918. The minimum absolute atomic E-state index is 0.0473. The molecule has 1 saturated heterocycles. The highest BCUT2D eigenvalue weighted by molar-refractivity contribution is 6.33. The largest absolute Gasteiger partial charge is 0.452 e. The van der Waals surface area contributed by atoms with E-state index >= 15 is 0 Å². The average Bonchev–Trinajstić information content (AvgIpc) is 3.18. The Morgan fingerprint density at radius 1 is 1.42 bits per heavy atom. The number of hydrogen-bond acceptors (Lipinski definition) is 6. The smallest absolute Gasteiger partial charge is 0.344 e. The fourth-order valence-electron chi connectivity index (χ4n) is 2.70. The zero-order valence-corrected chi connectivity index (χ0v) is 14.5. The summed E-state index contributed by atoms with van der Waals surface area (Å²) >= 11 is 6.01. The van der Waals surface area contributed by atoms with E-state index in [1.165, 1.54) is 25.1 Å². The standard InChI is InChI=1S/C17H14ClFN2O5/c1-9-14(16(20-26-9)15-10(18)4-2-5-11(15)19)17(24)25-8-13(23)21-7-3-6-12(21)22/h2,4-5H,3,6-8H2,1H3. The van der Waals surface area contributed by atoms with Crippen molar-refractivity contribution in [1.82, 2.24) is 10.1 Å². The number of aryl methyl sites for hydroxylation is 1. The second kappa shape index (κ2) is 7.25. The first-order valence-electron chi connectivity index (χ1n) is 7.81. The first-order valence-corrected chi connectivity index (χ1v) is 8.19. The average molecular weight is 381 g/mol. The summed E-state index contributed by atoms with van der Waals surface area (Å²) in [4.78, 5) is 37.0. The lowest BCUT2D eigenvalue weighted by Gasteiger charge is -2.13. The van der Waals surface area contributed by atoms with E-state index in [0.29, 0.717) is 19.4 Å². The fourth-order valence-corrected chi connectivity index (χ4v) is 2.95. The number of carbonyl (C=O) groups excluding carboxylic acids is 3. The van der Waals surface area contributed by atoms with Crippen LogP contribution in [0.2, 0.25) is 5.02 Å². The summed E-state index contributed by atoms with van der Waals surface area (Å²) in [6.07, 6.45) is 0.875. The quantitative estimate of drug-likeness (QED) is 0.757. The van der Waals surface area contributed by atoms with Gasteiger partial charge in [-0.25, -0.2) is 9.18 Å². The summed E-state index contributed by atoms with van der Waals surface area (Å²) in [6.45, 7) is 1.14. The van der Waals surface area contributed by atoms with E-state index in [9.17, 15) is 18.8 Å². The highest BCUT2D eigenvalue weighted by atomic mass is 35.5. The van der Waals surface area contributed by atoms with Crippen molar-refractivity contribution in [2.24, 2.45) is 0 Å². The van der Waals surface area contributed by atoms with Crippen LogP contribution >= 0.6 is 11.6 Å². The van der Waals surface area contributed by atoms with Crippen molar-refractivity contribution in [3.8, 4) is 11.3 Å². The van der Waals surface area contributed by atoms with E-state index in [-0.39, 0.29) is 33.5 Å². The van der Waals surface area contributed by atoms with Gasteiger partial charge in [-0.15, -0.1) is 0 Å². The van der Waals surface area contributed by atoms with Gasteiger partial charge in [0, 0.05) is 13.0 Å². The van der Waals surface area contributed by atoms with Gasteiger partial charge in [-0.1, -0.05) is 22.8 Å². The van der Waals surface area contributed by atoms with Crippen LogP contribution in [0.15, 0.2) is 22.7 Å². The molecule has 2 amide bonds. The van der Waals surface area contributed by atoms with Crippen molar-refractivity contribution in [3.05, 3.63) is 40.4 Å². The zero-order chi connectivity index (χ0) is 18.8. The van der Waals surface area contributed by atoms with Crippen LogP contribution in [0.25, 0.3) is 11.3 Å². The number of aromatic nitrogens is 1. The van der Waals surface area contributed by atoms with Gasteiger partial charge in [-0.3, -0.25) is 14.5 Å². The molecule has 1 aromatic heterocycles. The Morgan fingerprint density at radius 3 is 2.85 bits per heavy atom. The second-order valence-corrected chi connectivity index (χ2v) is 6.09. The molecular weight excluding hydrogens is 367 g/mol. The van der Waals surface area contributed by atoms with Crippen LogP contribution in [-0.2, 0) is 14.3 Å². The highest BCUT2D eigenvalue weighted by Crippen LogP contribution is 2.33. The number of imide groups is 1. The number of likely N-dealkylation sites (tertiary alicyclic amines) is 1. The number of benzene rings is 1. The van der Waals surface area contributed by atoms with E-state index < -0.39 is 24.3 Å². The molecule has 0 spiro atoms. The molecular formula is C17H14ClFN2O5. The third-order valence-corrected chi connectivity index (χ3v) is 4.28. The molecule has 9 heteroatoms. The predicted molar refractivity (Wildman–Crippen MR) is 87.9 cm³/mol. The maximum Gasteiger partial charge on any atom is 0.344 e. The molecule has 7 nitrogen and oxygen atoms in total. The molecule has 3 rings (SSSR count). The number of carbonyl (C=O) groups is 3. The van der Waals surface area contributed by atoms with Crippen molar-refractivity contribution < 1.29 is 28.0 Å². The zero-order valence-electron chi connectivity index (χ0n) is 13.8. The topological polar surface area (TPSA) is 89.7 Å². The predicted octanol–water partition coefficient (Wildman–Crippen LogP) is 2.75. The second-order valence-electron chi connectivity index (χ2n) is 5.68.